The van der Waals surface area contributed by atoms with Crippen molar-refractivity contribution in [3.05, 3.63) is 35.4 Å². The van der Waals surface area contributed by atoms with Gasteiger partial charge in [-0.05, 0) is 24.0 Å². The van der Waals surface area contributed by atoms with E-state index < -0.39 is 0 Å². The zero-order chi connectivity index (χ0) is 15.4. The number of hydrogen-bond donors (Lipinski definition) is 1. The van der Waals surface area contributed by atoms with Crippen LogP contribution in [0.3, 0.4) is 0 Å². The molecule has 0 radical (unpaired) electrons. The van der Waals surface area contributed by atoms with Crippen molar-refractivity contribution >= 4 is 0 Å². The van der Waals surface area contributed by atoms with Gasteiger partial charge < -0.3 is 14.6 Å². The summed E-state index contributed by atoms with van der Waals surface area (Å²) in [6.45, 7) is 3.68. The van der Waals surface area contributed by atoms with E-state index in [-0.39, 0.29) is 6.61 Å². The second kappa shape index (κ2) is 7.55. The van der Waals surface area contributed by atoms with E-state index in [0.29, 0.717) is 18.1 Å². The summed E-state index contributed by atoms with van der Waals surface area (Å²) in [4.78, 5) is 2.56. The number of methoxy groups -OCH3 is 1. The van der Waals surface area contributed by atoms with Crippen LogP contribution in [0.1, 0.15) is 30.4 Å². The third kappa shape index (κ3) is 3.51. The molecule has 1 saturated carbocycles. The number of aliphatic hydroxyl groups excluding tert-OH is 1. The summed E-state index contributed by atoms with van der Waals surface area (Å²) in [6.07, 6.45) is 4.06. The van der Waals surface area contributed by atoms with Crippen LogP contribution in [0.15, 0.2) is 24.3 Å². The highest BCUT2D eigenvalue weighted by molar-refractivity contribution is 5.22. The number of nitrogens with zero attached hydrogens (tertiary/aromatic N) is 1. The van der Waals surface area contributed by atoms with Gasteiger partial charge in [-0.3, -0.25) is 4.90 Å². The van der Waals surface area contributed by atoms with Gasteiger partial charge in [0.05, 0.1) is 25.9 Å². The van der Waals surface area contributed by atoms with Crippen LogP contribution in [0.2, 0.25) is 0 Å². The van der Waals surface area contributed by atoms with Gasteiger partial charge in [0.25, 0.3) is 0 Å². The van der Waals surface area contributed by atoms with E-state index in [4.69, 9.17) is 14.6 Å². The second-order valence-electron chi connectivity index (χ2n) is 6.46. The first-order valence-corrected chi connectivity index (χ1v) is 8.35. The highest BCUT2D eigenvalue weighted by Crippen LogP contribution is 2.34. The predicted octanol–water partition coefficient (Wildman–Crippen LogP) is 2.19. The van der Waals surface area contributed by atoms with Crippen LogP contribution in [0.5, 0.6) is 0 Å². The Hall–Kier alpha value is -0.940. The molecule has 122 valence electrons. The van der Waals surface area contributed by atoms with E-state index in [1.807, 2.05) is 19.2 Å². The Labute approximate surface area is 133 Å². The quantitative estimate of drug-likeness (QED) is 0.905. The van der Waals surface area contributed by atoms with Gasteiger partial charge in [0.15, 0.2) is 0 Å². The average molecular weight is 305 g/mol. The number of hydrogen-bond acceptors (Lipinski definition) is 4. The monoisotopic (exact) mass is 305 g/mol. The van der Waals surface area contributed by atoms with Crippen molar-refractivity contribution in [2.45, 2.75) is 44.6 Å². The topological polar surface area (TPSA) is 41.9 Å². The maximum Gasteiger partial charge on any atom is 0.0681 e. The Morgan fingerprint density at radius 2 is 2.00 bits per heavy atom. The molecule has 2 aliphatic rings. The Bertz CT molecular complexity index is 462. The van der Waals surface area contributed by atoms with Crippen molar-refractivity contribution in [3.63, 3.8) is 0 Å². The zero-order valence-electron chi connectivity index (χ0n) is 13.4. The standard InChI is InChI=1S/C18H27NO3/c1-21-18-4-2-3-16(18)17-13-22-10-9-19(17)11-14-5-7-15(12-20)8-6-14/h5-8,16-18,20H,2-4,9-13H2,1H3/t16-,17-,18+/m0/s1. The van der Waals surface area contributed by atoms with Gasteiger partial charge in [-0.25, -0.2) is 0 Å². The van der Waals surface area contributed by atoms with Gasteiger partial charge in [0.2, 0.25) is 0 Å². The summed E-state index contributed by atoms with van der Waals surface area (Å²) in [6, 6.07) is 8.73. The lowest BCUT2D eigenvalue weighted by Gasteiger charge is -2.40. The molecule has 1 aromatic carbocycles. The Kier molecular flexibility index (Phi) is 5.47. The van der Waals surface area contributed by atoms with Gasteiger partial charge in [-0.15, -0.1) is 0 Å². The molecular weight excluding hydrogens is 278 g/mol. The Morgan fingerprint density at radius 3 is 2.73 bits per heavy atom. The van der Waals surface area contributed by atoms with E-state index in [1.54, 1.807) is 0 Å². The van der Waals surface area contributed by atoms with Gasteiger partial charge in [0, 0.05) is 32.2 Å². The predicted molar refractivity (Wildman–Crippen MR) is 85.5 cm³/mol. The molecule has 3 atom stereocenters. The van der Waals surface area contributed by atoms with E-state index in [0.717, 1.165) is 31.9 Å². The first-order chi connectivity index (χ1) is 10.8. The summed E-state index contributed by atoms with van der Waals surface area (Å²) >= 11 is 0. The zero-order valence-corrected chi connectivity index (χ0v) is 13.4. The third-order valence-corrected chi connectivity index (χ3v) is 5.17. The molecule has 1 aliphatic heterocycles. The molecule has 0 amide bonds. The Balaban J connectivity index is 1.69. The maximum absolute atomic E-state index is 9.15. The van der Waals surface area contributed by atoms with E-state index in [2.05, 4.69) is 17.0 Å². The molecule has 2 fully saturated rings. The molecule has 0 unspecified atom stereocenters. The van der Waals surface area contributed by atoms with Crippen LogP contribution in [0, 0.1) is 5.92 Å². The number of morpholine rings is 1. The summed E-state index contributed by atoms with van der Waals surface area (Å²) in [7, 11) is 1.84. The molecule has 4 nitrogen and oxygen atoms in total. The molecule has 1 aliphatic carbocycles. The van der Waals surface area contributed by atoms with Gasteiger partial charge in [-0.1, -0.05) is 30.7 Å². The lowest BCUT2D eigenvalue weighted by Crippen LogP contribution is -2.50. The van der Waals surface area contributed by atoms with Crippen molar-refractivity contribution in [2.24, 2.45) is 5.92 Å². The molecule has 1 aromatic rings. The fourth-order valence-corrected chi connectivity index (χ4v) is 3.92. The largest absolute Gasteiger partial charge is 0.392 e. The minimum atomic E-state index is 0.109. The minimum Gasteiger partial charge on any atom is -0.392 e. The first kappa shape index (κ1) is 15.9. The minimum absolute atomic E-state index is 0.109. The molecule has 1 saturated heterocycles. The second-order valence-corrected chi connectivity index (χ2v) is 6.46. The van der Waals surface area contributed by atoms with Gasteiger partial charge in [0.1, 0.15) is 0 Å². The summed E-state index contributed by atoms with van der Waals surface area (Å²) in [5, 5.41) is 9.15. The number of rotatable bonds is 5. The van der Waals surface area contributed by atoms with Crippen molar-refractivity contribution < 1.29 is 14.6 Å². The fraction of sp³-hybridized carbons (Fsp3) is 0.667. The number of ether oxygens (including phenoxy) is 2. The fourth-order valence-electron chi connectivity index (χ4n) is 3.92. The molecule has 1 heterocycles. The first-order valence-electron chi connectivity index (χ1n) is 8.35. The van der Waals surface area contributed by atoms with E-state index in [1.165, 1.54) is 24.8 Å². The van der Waals surface area contributed by atoms with Crippen LogP contribution in [0.25, 0.3) is 0 Å². The van der Waals surface area contributed by atoms with Crippen LogP contribution in [-0.4, -0.2) is 49.0 Å². The molecule has 0 bridgehead atoms. The van der Waals surface area contributed by atoms with Crippen molar-refractivity contribution in [2.75, 3.05) is 26.9 Å². The maximum atomic E-state index is 9.15. The molecule has 3 rings (SSSR count). The van der Waals surface area contributed by atoms with Crippen molar-refractivity contribution in [1.82, 2.24) is 4.90 Å². The average Bonchev–Trinajstić information content (AvgIpc) is 3.04. The van der Waals surface area contributed by atoms with Crippen LogP contribution in [0.4, 0.5) is 0 Å². The molecule has 0 aromatic heterocycles. The number of aliphatic hydroxyl groups is 1. The lowest BCUT2D eigenvalue weighted by molar-refractivity contribution is -0.0608. The SMILES string of the molecule is CO[C@@H]1CCC[C@H]1[C@@H]1COCCN1Cc1ccc(CO)cc1. The van der Waals surface area contributed by atoms with Crippen molar-refractivity contribution in [3.8, 4) is 0 Å². The highest BCUT2D eigenvalue weighted by atomic mass is 16.5. The Morgan fingerprint density at radius 1 is 1.23 bits per heavy atom. The molecule has 22 heavy (non-hydrogen) atoms. The summed E-state index contributed by atoms with van der Waals surface area (Å²) in [5.74, 6) is 0.585. The molecular formula is C18H27NO3. The molecule has 0 spiro atoms. The van der Waals surface area contributed by atoms with Crippen LogP contribution >= 0.6 is 0 Å². The van der Waals surface area contributed by atoms with E-state index >= 15 is 0 Å². The molecule has 1 N–H and O–H groups in total. The van der Waals surface area contributed by atoms with Crippen LogP contribution < -0.4 is 0 Å². The highest BCUT2D eigenvalue weighted by Gasteiger charge is 2.38. The summed E-state index contributed by atoms with van der Waals surface area (Å²) < 4.78 is 11.5. The lowest BCUT2D eigenvalue weighted by atomic mass is 9.93. The van der Waals surface area contributed by atoms with E-state index in [9.17, 15) is 0 Å². The van der Waals surface area contributed by atoms with Crippen LogP contribution in [-0.2, 0) is 22.6 Å². The third-order valence-electron chi connectivity index (χ3n) is 5.17. The molecule has 4 heteroatoms. The number of benzene rings is 1. The normalized spacial score (nSPS) is 29.8. The van der Waals surface area contributed by atoms with Crippen molar-refractivity contribution in [1.29, 1.82) is 0 Å². The van der Waals surface area contributed by atoms with Gasteiger partial charge in [-0.2, -0.15) is 0 Å². The van der Waals surface area contributed by atoms with Gasteiger partial charge >= 0.3 is 0 Å². The summed E-state index contributed by atoms with van der Waals surface area (Å²) in [5.41, 5.74) is 2.27. The smallest absolute Gasteiger partial charge is 0.0681 e.